The summed E-state index contributed by atoms with van der Waals surface area (Å²) in [6.07, 6.45) is 1.40. The summed E-state index contributed by atoms with van der Waals surface area (Å²) in [7, 11) is 0. The van der Waals surface area contributed by atoms with Gasteiger partial charge in [0, 0.05) is 12.2 Å². The summed E-state index contributed by atoms with van der Waals surface area (Å²) in [4.78, 5) is 28.2. The van der Waals surface area contributed by atoms with Gasteiger partial charge in [0.1, 0.15) is 17.3 Å². The Labute approximate surface area is 184 Å². The maximum absolute atomic E-state index is 13.4. The highest BCUT2D eigenvalue weighted by Crippen LogP contribution is 2.31. The standard InChI is InChI=1S/C25H21FN2O4/c1-17-9-14-21(32-17)23(24(29)27-16-18-10-12-19(26)13-11-18)28(20-6-3-2-4-7-20)25(30)22-8-5-15-31-22/h2-15,23H,16H2,1H3,(H,27,29)/t23-/m0/s1. The zero-order chi connectivity index (χ0) is 22.5. The Bertz CT molecular complexity index is 1180. The Hall–Kier alpha value is -4.13. The van der Waals surface area contributed by atoms with Crippen molar-refractivity contribution in [1.29, 1.82) is 0 Å². The molecule has 1 N–H and O–H groups in total. The first kappa shape index (κ1) is 21.1. The van der Waals surface area contributed by atoms with Gasteiger partial charge in [0.25, 0.3) is 11.8 Å². The van der Waals surface area contributed by atoms with E-state index >= 15 is 0 Å². The van der Waals surface area contributed by atoms with Gasteiger partial charge >= 0.3 is 0 Å². The molecule has 2 aromatic heterocycles. The lowest BCUT2D eigenvalue weighted by Gasteiger charge is -2.29. The molecular weight excluding hydrogens is 411 g/mol. The van der Waals surface area contributed by atoms with E-state index in [1.807, 2.05) is 6.07 Å². The summed E-state index contributed by atoms with van der Waals surface area (Å²) in [6, 6.07) is 20.1. The molecule has 0 spiro atoms. The minimum absolute atomic E-state index is 0.0912. The maximum Gasteiger partial charge on any atom is 0.295 e. The second-order valence-corrected chi connectivity index (χ2v) is 7.18. The molecule has 0 bridgehead atoms. The zero-order valence-corrected chi connectivity index (χ0v) is 17.3. The number of hydrogen-bond acceptors (Lipinski definition) is 4. The number of halogens is 1. The Morgan fingerprint density at radius 1 is 0.969 bits per heavy atom. The lowest BCUT2D eigenvalue weighted by atomic mass is 10.1. The fourth-order valence-electron chi connectivity index (χ4n) is 3.35. The van der Waals surface area contributed by atoms with Crippen molar-refractivity contribution >= 4 is 17.5 Å². The van der Waals surface area contributed by atoms with Crippen LogP contribution < -0.4 is 10.2 Å². The average Bonchev–Trinajstić information content (AvgIpc) is 3.49. The van der Waals surface area contributed by atoms with Gasteiger partial charge in [-0.15, -0.1) is 0 Å². The predicted octanol–water partition coefficient (Wildman–Crippen LogP) is 5.02. The Kier molecular flexibility index (Phi) is 6.17. The van der Waals surface area contributed by atoms with Gasteiger partial charge in [-0.2, -0.15) is 0 Å². The van der Waals surface area contributed by atoms with Crippen LogP contribution in [0.25, 0.3) is 0 Å². The van der Waals surface area contributed by atoms with Crippen LogP contribution in [0.15, 0.2) is 94.0 Å². The largest absolute Gasteiger partial charge is 0.464 e. The second kappa shape index (κ2) is 9.34. The second-order valence-electron chi connectivity index (χ2n) is 7.18. The van der Waals surface area contributed by atoms with Crippen LogP contribution in [-0.4, -0.2) is 11.8 Å². The molecule has 0 aliphatic carbocycles. The van der Waals surface area contributed by atoms with Crippen molar-refractivity contribution in [2.75, 3.05) is 4.90 Å². The van der Waals surface area contributed by atoms with Gasteiger partial charge in [-0.05, 0) is 61.0 Å². The van der Waals surface area contributed by atoms with Crippen LogP contribution in [0.3, 0.4) is 0 Å². The van der Waals surface area contributed by atoms with Crippen LogP contribution in [0.1, 0.15) is 33.7 Å². The van der Waals surface area contributed by atoms with E-state index in [0.29, 0.717) is 17.2 Å². The quantitative estimate of drug-likeness (QED) is 0.445. The van der Waals surface area contributed by atoms with Gasteiger partial charge in [-0.25, -0.2) is 4.39 Å². The average molecular weight is 432 g/mol. The summed E-state index contributed by atoms with van der Waals surface area (Å²) in [6.45, 7) is 1.92. The fourth-order valence-corrected chi connectivity index (χ4v) is 3.35. The highest BCUT2D eigenvalue weighted by molar-refractivity contribution is 6.08. The molecule has 162 valence electrons. The number of rotatable bonds is 7. The third-order valence-electron chi connectivity index (χ3n) is 4.90. The number of carbonyl (C=O) groups excluding carboxylic acids is 2. The predicted molar refractivity (Wildman–Crippen MR) is 116 cm³/mol. The number of nitrogens with zero attached hydrogens (tertiary/aromatic N) is 1. The van der Waals surface area contributed by atoms with Gasteiger partial charge in [-0.1, -0.05) is 30.3 Å². The van der Waals surface area contributed by atoms with E-state index in [0.717, 1.165) is 5.56 Å². The molecule has 1 atom stereocenters. The first-order chi connectivity index (χ1) is 15.5. The van der Waals surface area contributed by atoms with Crippen LogP contribution in [0.5, 0.6) is 0 Å². The Morgan fingerprint density at radius 3 is 2.34 bits per heavy atom. The van der Waals surface area contributed by atoms with E-state index in [2.05, 4.69) is 5.32 Å². The van der Waals surface area contributed by atoms with Crippen molar-refractivity contribution in [2.24, 2.45) is 0 Å². The van der Waals surface area contributed by atoms with Crippen molar-refractivity contribution in [3.8, 4) is 0 Å². The lowest BCUT2D eigenvalue weighted by molar-refractivity contribution is -0.123. The van der Waals surface area contributed by atoms with E-state index < -0.39 is 17.9 Å². The summed E-state index contributed by atoms with van der Waals surface area (Å²) in [5.74, 6) is -0.293. The van der Waals surface area contributed by atoms with E-state index in [4.69, 9.17) is 8.83 Å². The van der Waals surface area contributed by atoms with E-state index in [1.54, 1.807) is 67.6 Å². The van der Waals surface area contributed by atoms with E-state index in [1.165, 1.54) is 23.3 Å². The number of benzene rings is 2. The Morgan fingerprint density at radius 2 is 1.72 bits per heavy atom. The summed E-state index contributed by atoms with van der Waals surface area (Å²) >= 11 is 0. The number of anilines is 1. The number of hydrogen-bond donors (Lipinski definition) is 1. The maximum atomic E-state index is 13.4. The van der Waals surface area contributed by atoms with Gasteiger partial charge in [0.05, 0.1) is 6.26 Å². The molecular formula is C25H21FN2O4. The highest BCUT2D eigenvalue weighted by atomic mass is 19.1. The number of aryl methyl sites for hydroxylation is 1. The molecule has 0 saturated carbocycles. The molecule has 0 unspecified atom stereocenters. The normalized spacial score (nSPS) is 11.7. The Balaban J connectivity index is 1.71. The third-order valence-corrected chi connectivity index (χ3v) is 4.90. The monoisotopic (exact) mass is 432 g/mol. The van der Waals surface area contributed by atoms with Crippen molar-refractivity contribution in [1.82, 2.24) is 5.32 Å². The first-order valence-corrected chi connectivity index (χ1v) is 10.0. The number of carbonyl (C=O) groups is 2. The van der Waals surface area contributed by atoms with Crippen LogP contribution >= 0.6 is 0 Å². The van der Waals surface area contributed by atoms with Gasteiger partial charge in [0.2, 0.25) is 0 Å². The van der Waals surface area contributed by atoms with Crippen molar-refractivity contribution in [3.63, 3.8) is 0 Å². The van der Waals surface area contributed by atoms with Crippen LogP contribution in [0.2, 0.25) is 0 Å². The highest BCUT2D eigenvalue weighted by Gasteiger charge is 2.36. The van der Waals surface area contributed by atoms with Crippen LogP contribution in [-0.2, 0) is 11.3 Å². The fraction of sp³-hybridized carbons (Fsp3) is 0.120. The summed E-state index contributed by atoms with van der Waals surface area (Å²) in [5.41, 5.74) is 1.22. The molecule has 2 amide bonds. The molecule has 2 aromatic carbocycles. The number of para-hydroxylation sites is 1. The molecule has 4 aromatic rings. The number of furan rings is 2. The molecule has 6 nitrogen and oxygen atoms in total. The van der Waals surface area contributed by atoms with E-state index in [9.17, 15) is 14.0 Å². The molecule has 4 rings (SSSR count). The minimum Gasteiger partial charge on any atom is -0.464 e. The third kappa shape index (κ3) is 4.62. The van der Waals surface area contributed by atoms with Gasteiger partial charge < -0.3 is 14.2 Å². The molecule has 2 heterocycles. The molecule has 0 radical (unpaired) electrons. The van der Waals surface area contributed by atoms with Crippen molar-refractivity contribution in [3.05, 3.63) is 114 Å². The zero-order valence-electron chi connectivity index (χ0n) is 17.3. The molecule has 0 aliphatic heterocycles. The minimum atomic E-state index is -1.09. The molecule has 7 heteroatoms. The smallest absolute Gasteiger partial charge is 0.295 e. The molecule has 32 heavy (non-hydrogen) atoms. The molecule has 0 fully saturated rings. The topological polar surface area (TPSA) is 75.7 Å². The van der Waals surface area contributed by atoms with E-state index in [-0.39, 0.29) is 18.1 Å². The van der Waals surface area contributed by atoms with Crippen molar-refractivity contribution < 1.29 is 22.8 Å². The molecule has 0 saturated heterocycles. The summed E-state index contributed by atoms with van der Waals surface area (Å²) < 4.78 is 24.3. The molecule has 0 aliphatic rings. The van der Waals surface area contributed by atoms with Gasteiger partial charge in [-0.3, -0.25) is 14.5 Å². The number of nitrogens with one attached hydrogen (secondary N) is 1. The van der Waals surface area contributed by atoms with Gasteiger partial charge in [0.15, 0.2) is 11.8 Å². The lowest BCUT2D eigenvalue weighted by Crippen LogP contribution is -2.43. The summed E-state index contributed by atoms with van der Waals surface area (Å²) in [5, 5.41) is 2.83. The van der Waals surface area contributed by atoms with Crippen LogP contribution in [0, 0.1) is 12.7 Å². The first-order valence-electron chi connectivity index (χ1n) is 10.0. The SMILES string of the molecule is Cc1ccc([C@@H](C(=O)NCc2ccc(F)cc2)N(C(=O)c2ccco2)c2ccccc2)o1. The van der Waals surface area contributed by atoms with Crippen LogP contribution in [0.4, 0.5) is 10.1 Å². The number of amides is 2. The van der Waals surface area contributed by atoms with Crippen molar-refractivity contribution in [2.45, 2.75) is 19.5 Å².